The second-order valence-corrected chi connectivity index (χ2v) is 4.81. The Morgan fingerprint density at radius 1 is 0.722 bits per heavy atom. The molecule has 3 aromatic carbocycles. The predicted octanol–water partition coefficient (Wildman–Crippen LogP) is 4.62. The van der Waals surface area contributed by atoms with E-state index >= 15 is 0 Å². The van der Waals surface area contributed by atoms with Gasteiger partial charge in [-0.3, -0.25) is 0 Å². The van der Waals surface area contributed by atoms with E-state index in [0.717, 1.165) is 5.75 Å². The van der Waals surface area contributed by atoms with Crippen LogP contribution in [0.25, 0.3) is 21.5 Å². The lowest BCUT2D eigenvalue weighted by Crippen LogP contribution is -1.85. The van der Waals surface area contributed by atoms with Gasteiger partial charge >= 0.3 is 0 Å². The summed E-state index contributed by atoms with van der Waals surface area (Å²) in [6.45, 7) is 4.32. The van der Waals surface area contributed by atoms with Gasteiger partial charge in [-0.05, 0) is 58.7 Å². The van der Waals surface area contributed by atoms with Crippen molar-refractivity contribution in [2.45, 2.75) is 13.8 Å². The van der Waals surface area contributed by atoms with Crippen LogP contribution in [0, 0.1) is 13.8 Å². The third-order valence-electron chi connectivity index (χ3n) is 3.66. The maximum Gasteiger partial charge on any atom is 0.119 e. The molecule has 0 N–H and O–H groups in total. The molecule has 0 spiro atoms. The highest BCUT2D eigenvalue weighted by atomic mass is 16.5. The molecule has 0 aliphatic heterocycles. The summed E-state index contributed by atoms with van der Waals surface area (Å²) in [7, 11) is 1.70. The van der Waals surface area contributed by atoms with Gasteiger partial charge in [0.1, 0.15) is 5.75 Å². The van der Waals surface area contributed by atoms with Gasteiger partial charge in [-0.1, -0.05) is 30.3 Å². The Kier molecular flexibility index (Phi) is 2.48. The van der Waals surface area contributed by atoms with Crippen molar-refractivity contribution < 1.29 is 4.74 Å². The van der Waals surface area contributed by atoms with E-state index < -0.39 is 0 Å². The summed E-state index contributed by atoms with van der Waals surface area (Å²) in [5, 5.41) is 5.13. The van der Waals surface area contributed by atoms with Crippen LogP contribution in [0.4, 0.5) is 0 Å². The van der Waals surface area contributed by atoms with Crippen molar-refractivity contribution in [3.05, 3.63) is 53.6 Å². The standard InChI is InChI=1S/C17H16O/c1-11-8-13-4-5-14-10-15(18-3)6-7-16(14)17(13)9-12(11)2/h4-10H,1-3H3. The SMILES string of the molecule is COc1ccc2c(ccc3cc(C)c(C)cc32)c1. The molecule has 0 heterocycles. The van der Waals surface area contributed by atoms with E-state index in [0.29, 0.717) is 0 Å². The number of hydrogen-bond donors (Lipinski definition) is 0. The number of methoxy groups -OCH3 is 1. The van der Waals surface area contributed by atoms with Gasteiger partial charge in [0.15, 0.2) is 0 Å². The maximum atomic E-state index is 5.28. The van der Waals surface area contributed by atoms with Crippen LogP contribution in [-0.4, -0.2) is 7.11 Å². The zero-order valence-electron chi connectivity index (χ0n) is 10.9. The topological polar surface area (TPSA) is 9.23 Å². The number of benzene rings is 3. The van der Waals surface area contributed by atoms with E-state index in [-0.39, 0.29) is 0 Å². The normalized spacial score (nSPS) is 11.1. The van der Waals surface area contributed by atoms with Crippen molar-refractivity contribution in [3.63, 3.8) is 0 Å². The zero-order chi connectivity index (χ0) is 12.7. The third-order valence-corrected chi connectivity index (χ3v) is 3.66. The average molecular weight is 236 g/mol. The van der Waals surface area contributed by atoms with E-state index in [1.807, 2.05) is 6.07 Å². The lowest BCUT2D eigenvalue weighted by atomic mass is 9.97. The predicted molar refractivity (Wildman–Crippen MR) is 77.5 cm³/mol. The Morgan fingerprint density at radius 2 is 1.39 bits per heavy atom. The Bertz CT molecular complexity index is 741. The summed E-state index contributed by atoms with van der Waals surface area (Å²) < 4.78 is 5.28. The number of aryl methyl sites for hydroxylation is 2. The number of hydrogen-bond acceptors (Lipinski definition) is 1. The van der Waals surface area contributed by atoms with Crippen molar-refractivity contribution in [2.75, 3.05) is 7.11 Å². The molecular formula is C17H16O. The quantitative estimate of drug-likeness (QED) is 0.560. The fourth-order valence-corrected chi connectivity index (χ4v) is 2.44. The van der Waals surface area contributed by atoms with Crippen molar-refractivity contribution in [2.24, 2.45) is 0 Å². The van der Waals surface area contributed by atoms with Crippen LogP contribution in [-0.2, 0) is 0 Å². The van der Waals surface area contributed by atoms with Gasteiger partial charge in [-0.2, -0.15) is 0 Å². The summed E-state index contributed by atoms with van der Waals surface area (Å²) in [5.41, 5.74) is 2.68. The molecule has 0 aliphatic rings. The summed E-state index contributed by atoms with van der Waals surface area (Å²) in [4.78, 5) is 0. The molecular weight excluding hydrogens is 220 g/mol. The van der Waals surface area contributed by atoms with Crippen LogP contribution in [0.1, 0.15) is 11.1 Å². The Hall–Kier alpha value is -2.02. The van der Waals surface area contributed by atoms with E-state index in [1.54, 1.807) is 7.11 Å². The van der Waals surface area contributed by atoms with Crippen molar-refractivity contribution in [1.29, 1.82) is 0 Å². The minimum Gasteiger partial charge on any atom is -0.497 e. The van der Waals surface area contributed by atoms with Crippen LogP contribution >= 0.6 is 0 Å². The van der Waals surface area contributed by atoms with E-state index in [2.05, 4.69) is 50.2 Å². The number of fused-ring (bicyclic) bond motifs is 3. The molecule has 18 heavy (non-hydrogen) atoms. The molecule has 3 aromatic rings. The molecule has 3 rings (SSSR count). The first-order valence-electron chi connectivity index (χ1n) is 6.17. The molecule has 0 unspecified atom stereocenters. The Balaban J connectivity index is 2.42. The lowest BCUT2D eigenvalue weighted by Gasteiger charge is -2.08. The highest BCUT2D eigenvalue weighted by Crippen LogP contribution is 2.30. The van der Waals surface area contributed by atoms with Crippen molar-refractivity contribution in [3.8, 4) is 5.75 Å². The Morgan fingerprint density at radius 3 is 2.11 bits per heavy atom. The van der Waals surface area contributed by atoms with E-state index in [9.17, 15) is 0 Å². The highest BCUT2D eigenvalue weighted by Gasteiger charge is 2.04. The molecule has 1 heteroatoms. The molecule has 0 fully saturated rings. The van der Waals surface area contributed by atoms with Crippen LogP contribution in [0.3, 0.4) is 0 Å². The first kappa shape index (κ1) is 11.1. The minimum atomic E-state index is 0.908. The van der Waals surface area contributed by atoms with Crippen LogP contribution in [0.2, 0.25) is 0 Å². The minimum absolute atomic E-state index is 0.908. The second-order valence-electron chi connectivity index (χ2n) is 4.81. The van der Waals surface area contributed by atoms with E-state index in [4.69, 9.17) is 4.74 Å². The van der Waals surface area contributed by atoms with Gasteiger partial charge in [0, 0.05) is 0 Å². The number of rotatable bonds is 1. The molecule has 0 amide bonds. The van der Waals surface area contributed by atoms with Crippen LogP contribution < -0.4 is 4.74 Å². The molecule has 0 atom stereocenters. The fraction of sp³-hybridized carbons (Fsp3) is 0.176. The largest absolute Gasteiger partial charge is 0.497 e. The molecule has 1 nitrogen and oxygen atoms in total. The molecule has 0 saturated heterocycles. The van der Waals surface area contributed by atoms with Crippen molar-refractivity contribution in [1.82, 2.24) is 0 Å². The summed E-state index contributed by atoms with van der Waals surface area (Å²) in [6, 6.07) is 15.1. The first-order chi connectivity index (χ1) is 8.69. The molecule has 0 aliphatic carbocycles. The summed E-state index contributed by atoms with van der Waals surface area (Å²) in [6.07, 6.45) is 0. The molecule has 0 radical (unpaired) electrons. The van der Waals surface area contributed by atoms with Crippen LogP contribution in [0.5, 0.6) is 5.75 Å². The second kappa shape index (κ2) is 4.02. The highest BCUT2D eigenvalue weighted by molar-refractivity contribution is 6.08. The third kappa shape index (κ3) is 1.63. The smallest absolute Gasteiger partial charge is 0.119 e. The zero-order valence-corrected chi connectivity index (χ0v) is 10.9. The molecule has 0 bridgehead atoms. The number of ether oxygens (including phenoxy) is 1. The van der Waals surface area contributed by atoms with Gasteiger partial charge in [0.05, 0.1) is 7.11 Å². The lowest BCUT2D eigenvalue weighted by molar-refractivity contribution is 0.415. The monoisotopic (exact) mass is 236 g/mol. The van der Waals surface area contributed by atoms with Gasteiger partial charge < -0.3 is 4.74 Å². The van der Waals surface area contributed by atoms with Gasteiger partial charge in [0.2, 0.25) is 0 Å². The van der Waals surface area contributed by atoms with Gasteiger partial charge in [-0.15, -0.1) is 0 Å². The first-order valence-corrected chi connectivity index (χ1v) is 6.17. The average Bonchev–Trinajstić information content (AvgIpc) is 2.39. The van der Waals surface area contributed by atoms with Crippen LogP contribution in [0.15, 0.2) is 42.5 Å². The molecule has 90 valence electrons. The Labute approximate surface area is 107 Å². The van der Waals surface area contributed by atoms with E-state index in [1.165, 1.54) is 32.7 Å². The fourth-order valence-electron chi connectivity index (χ4n) is 2.44. The molecule has 0 aromatic heterocycles. The summed E-state index contributed by atoms with van der Waals surface area (Å²) >= 11 is 0. The molecule has 0 saturated carbocycles. The van der Waals surface area contributed by atoms with Gasteiger partial charge in [-0.25, -0.2) is 0 Å². The summed E-state index contributed by atoms with van der Waals surface area (Å²) in [5.74, 6) is 0.908. The van der Waals surface area contributed by atoms with Crippen molar-refractivity contribution >= 4 is 21.5 Å². The maximum absolute atomic E-state index is 5.28. The van der Waals surface area contributed by atoms with Gasteiger partial charge in [0.25, 0.3) is 0 Å².